The number of halogens is 3. The second-order valence-electron chi connectivity index (χ2n) is 5.36. The Labute approximate surface area is 135 Å². The first kappa shape index (κ1) is 15.8. The zero-order valence-electron chi connectivity index (χ0n) is 12.3. The van der Waals surface area contributed by atoms with Gasteiger partial charge in [-0.05, 0) is 42.0 Å². The van der Waals surface area contributed by atoms with E-state index in [0.29, 0.717) is 5.56 Å². The van der Waals surface area contributed by atoms with E-state index in [1.165, 1.54) is 12.1 Å². The third-order valence-corrected chi connectivity index (χ3v) is 3.82. The molecule has 0 spiro atoms. The number of hydrogen-bond acceptors (Lipinski definition) is 2. The molecule has 0 N–H and O–H groups in total. The van der Waals surface area contributed by atoms with Gasteiger partial charge in [-0.2, -0.15) is 18.4 Å². The Hall–Kier alpha value is -3.07. The molecule has 0 aliphatic rings. The van der Waals surface area contributed by atoms with Crippen LogP contribution < -0.4 is 0 Å². The minimum atomic E-state index is -4.53. The van der Waals surface area contributed by atoms with Gasteiger partial charge in [-0.25, -0.2) is 0 Å². The normalized spacial score (nSPS) is 11.4. The summed E-state index contributed by atoms with van der Waals surface area (Å²) in [5.74, 6) is 0. The Morgan fingerprint density at radius 1 is 1.12 bits per heavy atom. The molecule has 24 heavy (non-hydrogen) atoms. The highest BCUT2D eigenvalue weighted by molar-refractivity contribution is 5.87. The Morgan fingerprint density at radius 2 is 1.92 bits per heavy atom. The monoisotopic (exact) mass is 328 g/mol. The molecule has 0 radical (unpaired) electrons. The van der Waals surface area contributed by atoms with E-state index in [1.807, 2.05) is 0 Å². The van der Waals surface area contributed by atoms with Crippen LogP contribution in [0.5, 0.6) is 0 Å². The van der Waals surface area contributed by atoms with E-state index in [4.69, 9.17) is 5.26 Å². The predicted molar refractivity (Wildman–Crippen MR) is 82.6 cm³/mol. The number of aldehydes is 1. The number of nitrogens with zero attached hydrogens (tertiary/aromatic N) is 2. The van der Waals surface area contributed by atoms with E-state index < -0.39 is 11.7 Å². The lowest BCUT2D eigenvalue weighted by Crippen LogP contribution is -2.12. The number of fused-ring (bicyclic) bond motifs is 1. The number of aromatic nitrogens is 1. The van der Waals surface area contributed by atoms with Gasteiger partial charge in [-0.3, -0.25) is 4.79 Å². The smallest absolute Gasteiger partial charge is 0.343 e. The molecular weight excluding hydrogens is 317 g/mol. The molecule has 3 aromatic rings. The number of alkyl halides is 3. The number of carbonyl (C=O) groups excluding carboxylic acids is 1. The molecule has 0 aliphatic carbocycles. The molecule has 1 aromatic heterocycles. The predicted octanol–water partition coefficient (Wildman–Crippen LogP) is 4.39. The molecule has 0 unspecified atom stereocenters. The summed E-state index contributed by atoms with van der Waals surface area (Å²) in [5, 5.41) is 9.59. The zero-order chi connectivity index (χ0) is 17.3. The fourth-order valence-corrected chi connectivity index (χ4v) is 2.66. The minimum Gasteiger partial charge on any atom is -0.343 e. The van der Waals surface area contributed by atoms with Crippen LogP contribution in [0.25, 0.3) is 10.9 Å². The van der Waals surface area contributed by atoms with Gasteiger partial charge < -0.3 is 4.57 Å². The summed E-state index contributed by atoms with van der Waals surface area (Å²) in [4.78, 5) is 10.8. The molecule has 1 heterocycles. The Kier molecular flexibility index (Phi) is 3.86. The van der Waals surface area contributed by atoms with Gasteiger partial charge >= 0.3 is 6.18 Å². The van der Waals surface area contributed by atoms with E-state index in [-0.39, 0.29) is 17.7 Å². The lowest BCUT2D eigenvalue weighted by Gasteiger charge is -2.14. The summed E-state index contributed by atoms with van der Waals surface area (Å²) >= 11 is 0. The first-order valence-corrected chi connectivity index (χ1v) is 7.06. The van der Waals surface area contributed by atoms with Crippen LogP contribution in [0.4, 0.5) is 13.2 Å². The van der Waals surface area contributed by atoms with Crippen molar-refractivity contribution in [2.45, 2.75) is 12.7 Å². The highest BCUT2D eigenvalue weighted by Gasteiger charge is 2.33. The van der Waals surface area contributed by atoms with Crippen LogP contribution in [-0.2, 0) is 12.7 Å². The van der Waals surface area contributed by atoms with Gasteiger partial charge in [0, 0.05) is 29.2 Å². The van der Waals surface area contributed by atoms with E-state index in [2.05, 4.69) is 0 Å². The molecule has 6 heteroatoms. The van der Waals surface area contributed by atoms with Crippen LogP contribution in [0.2, 0.25) is 0 Å². The number of benzene rings is 2. The second kappa shape index (κ2) is 5.85. The Morgan fingerprint density at radius 3 is 2.58 bits per heavy atom. The first-order valence-electron chi connectivity index (χ1n) is 7.06. The van der Waals surface area contributed by atoms with Gasteiger partial charge in [-0.1, -0.05) is 6.07 Å². The summed E-state index contributed by atoms with van der Waals surface area (Å²) in [6.07, 6.45) is -2.13. The number of rotatable bonds is 3. The van der Waals surface area contributed by atoms with Gasteiger partial charge in [0.15, 0.2) is 0 Å². The molecule has 0 saturated heterocycles. The Balaban J connectivity index is 2.06. The maximum Gasteiger partial charge on any atom is 0.416 e. The van der Waals surface area contributed by atoms with Crippen LogP contribution in [0.1, 0.15) is 27.0 Å². The van der Waals surface area contributed by atoms with Gasteiger partial charge in [0.05, 0.1) is 17.2 Å². The zero-order valence-corrected chi connectivity index (χ0v) is 12.3. The maximum absolute atomic E-state index is 13.2. The van der Waals surface area contributed by atoms with Crippen molar-refractivity contribution < 1.29 is 18.0 Å². The molecule has 3 rings (SSSR count). The van der Waals surface area contributed by atoms with E-state index in [1.54, 1.807) is 41.1 Å². The SMILES string of the molecule is N#Cc1ccc(Cn2ccc3cc(C=O)ccc32)c(C(F)(F)F)c1. The van der Waals surface area contributed by atoms with Crippen LogP contribution in [0.3, 0.4) is 0 Å². The van der Waals surface area contributed by atoms with Crippen molar-refractivity contribution in [3.8, 4) is 6.07 Å². The fourth-order valence-electron chi connectivity index (χ4n) is 2.66. The van der Waals surface area contributed by atoms with Crippen molar-refractivity contribution >= 4 is 17.2 Å². The average molecular weight is 328 g/mol. The van der Waals surface area contributed by atoms with Crippen molar-refractivity contribution in [1.82, 2.24) is 4.57 Å². The van der Waals surface area contributed by atoms with Gasteiger partial charge in [-0.15, -0.1) is 0 Å². The molecule has 3 nitrogen and oxygen atoms in total. The third kappa shape index (κ3) is 2.88. The highest BCUT2D eigenvalue weighted by atomic mass is 19.4. The van der Waals surface area contributed by atoms with E-state index in [0.717, 1.165) is 23.3 Å². The second-order valence-corrected chi connectivity index (χ2v) is 5.36. The summed E-state index contributed by atoms with van der Waals surface area (Å²) < 4.78 is 41.4. The summed E-state index contributed by atoms with van der Waals surface area (Å²) in [6.45, 7) is 0.0183. The lowest BCUT2D eigenvalue weighted by molar-refractivity contribution is -0.138. The van der Waals surface area contributed by atoms with Gasteiger partial charge in [0.25, 0.3) is 0 Å². The van der Waals surface area contributed by atoms with Crippen LogP contribution >= 0.6 is 0 Å². The molecule has 120 valence electrons. The number of nitriles is 1. The molecule has 0 aliphatic heterocycles. The highest BCUT2D eigenvalue weighted by Crippen LogP contribution is 2.33. The summed E-state index contributed by atoms with van der Waals surface area (Å²) in [7, 11) is 0. The molecular formula is C18H11F3N2O. The quantitative estimate of drug-likeness (QED) is 0.669. The molecule has 0 amide bonds. The average Bonchev–Trinajstić information content (AvgIpc) is 2.96. The van der Waals surface area contributed by atoms with Crippen LogP contribution in [-0.4, -0.2) is 10.9 Å². The molecule has 0 saturated carbocycles. The molecule has 0 fully saturated rings. The van der Waals surface area contributed by atoms with Crippen molar-refractivity contribution in [3.63, 3.8) is 0 Å². The van der Waals surface area contributed by atoms with Crippen molar-refractivity contribution in [2.24, 2.45) is 0 Å². The molecule has 2 aromatic carbocycles. The van der Waals surface area contributed by atoms with Crippen molar-refractivity contribution in [3.05, 3.63) is 70.9 Å². The summed E-state index contributed by atoms with van der Waals surface area (Å²) in [6, 6.07) is 12.1. The van der Waals surface area contributed by atoms with Gasteiger partial charge in [0.1, 0.15) is 6.29 Å². The number of hydrogen-bond donors (Lipinski definition) is 0. The fraction of sp³-hybridized carbons (Fsp3) is 0.111. The van der Waals surface area contributed by atoms with Crippen molar-refractivity contribution in [2.75, 3.05) is 0 Å². The third-order valence-electron chi connectivity index (χ3n) is 3.82. The standard InChI is InChI=1S/C18H11F3N2O/c19-18(20,21)16-8-12(9-22)1-3-15(16)10-23-6-5-14-7-13(11-24)2-4-17(14)23/h1-8,11H,10H2. The topological polar surface area (TPSA) is 45.8 Å². The molecule has 0 atom stereocenters. The summed E-state index contributed by atoms with van der Waals surface area (Å²) in [5.41, 5.74) is 0.484. The van der Waals surface area contributed by atoms with Crippen LogP contribution in [0.15, 0.2) is 48.7 Å². The minimum absolute atomic E-state index is 0.0183. The van der Waals surface area contributed by atoms with Crippen molar-refractivity contribution in [1.29, 1.82) is 5.26 Å². The van der Waals surface area contributed by atoms with E-state index in [9.17, 15) is 18.0 Å². The van der Waals surface area contributed by atoms with Crippen LogP contribution in [0, 0.1) is 11.3 Å². The molecule has 0 bridgehead atoms. The van der Waals surface area contributed by atoms with Gasteiger partial charge in [0.2, 0.25) is 0 Å². The van der Waals surface area contributed by atoms with E-state index >= 15 is 0 Å². The number of carbonyl (C=O) groups is 1. The maximum atomic E-state index is 13.2. The largest absolute Gasteiger partial charge is 0.416 e. The Bertz CT molecular complexity index is 965. The first-order chi connectivity index (χ1) is 11.4. The lowest BCUT2D eigenvalue weighted by atomic mass is 10.0.